The number of anilines is 1. The fourth-order valence-corrected chi connectivity index (χ4v) is 1.10. The van der Waals surface area contributed by atoms with Crippen molar-refractivity contribution in [3.05, 3.63) is 30.3 Å². The summed E-state index contributed by atoms with van der Waals surface area (Å²) in [5.41, 5.74) is 2.88. The second kappa shape index (κ2) is 3.30. The van der Waals surface area contributed by atoms with Gasteiger partial charge < -0.3 is 10.4 Å². The van der Waals surface area contributed by atoms with Crippen molar-refractivity contribution in [1.29, 1.82) is 0 Å². The van der Waals surface area contributed by atoms with Crippen LogP contribution in [0.4, 0.5) is 5.69 Å². The van der Waals surface area contributed by atoms with Crippen LogP contribution in [0.15, 0.2) is 24.8 Å². The molecule has 0 bridgehead atoms. The van der Waals surface area contributed by atoms with Crippen LogP contribution in [0.1, 0.15) is 12.5 Å². The highest BCUT2D eigenvalue weighted by molar-refractivity contribution is 5.74. The van der Waals surface area contributed by atoms with Crippen molar-refractivity contribution >= 4 is 11.3 Å². The molecule has 64 valence electrons. The molecule has 2 N–H and O–H groups in total. The first kappa shape index (κ1) is 8.65. The summed E-state index contributed by atoms with van der Waals surface area (Å²) in [6.07, 6.45) is 0. The molecule has 0 aliphatic heterocycles. The van der Waals surface area contributed by atoms with Crippen molar-refractivity contribution in [1.82, 2.24) is 0 Å². The SMILES string of the molecule is C=C(C)c1cc(O)ccc1NC. The van der Waals surface area contributed by atoms with E-state index in [-0.39, 0.29) is 5.75 Å². The fourth-order valence-electron chi connectivity index (χ4n) is 1.10. The van der Waals surface area contributed by atoms with Crippen LogP contribution in [0.5, 0.6) is 5.75 Å². The van der Waals surface area contributed by atoms with E-state index in [4.69, 9.17) is 0 Å². The highest BCUT2D eigenvalue weighted by atomic mass is 16.3. The van der Waals surface area contributed by atoms with E-state index in [1.54, 1.807) is 12.1 Å². The Morgan fingerprint density at radius 1 is 1.50 bits per heavy atom. The molecule has 0 fully saturated rings. The van der Waals surface area contributed by atoms with Gasteiger partial charge in [-0.05, 0) is 30.7 Å². The molecule has 0 aromatic heterocycles. The van der Waals surface area contributed by atoms with Gasteiger partial charge in [0.25, 0.3) is 0 Å². The van der Waals surface area contributed by atoms with Gasteiger partial charge in [0.15, 0.2) is 0 Å². The molecule has 0 amide bonds. The van der Waals surface area contributed by atoms with E-state index >= 15 is 0 Å². The van der Waals surface area contributed by atoms with Crippen molar-refractivity contribution in [2.75, 3.05) is 12.4 Å². The summed E-state index contributed by atoms with van der Waals surface area (Å²) in [5.74, 6) is 0.270. The van der Waals surface area contributed by atoms with Gasteiger partial charge in [0.2, 0.25) is 0 Å². The van der Waals surface area contributed by atoms with Gasteiger partial charge in [0.1, 0.15) is 5.75 Å². The summed E-state index contributed by atoms with van der Waals surface area (Å²) in [7, 11) is 1.85. The monoisotopic (exact) mass is 163 g/mol. The van der Waals surface area contributed by atoms with E-state index in [0.29, 0.717) is 0 Å². The second-order valence-corrected chi connectivity index (χ2v) is 2.76. The second-order valence-electron chi connectivity index (χ2n) is 2.76. The Hall–Kier alpha value is -1.44. The molecule has 0 unspecified atom stereocenters. The Kier molecular flexibility index (Phi) is 2.38. The summed E-state index contributed by atoms with van der Waals surface area (Å²) >= 11 is 0. The molecule has 0 aliphatic rings. The normalized spacial score (nSPS) is 9.50. The largest absolute Gasteiger partial charge is 0.508 e. The van der Waals surface area contributed by atoms with E-state index in [2.05, 4.69) is 11.9 Å². The molecule has 12 heavy (non-hydrogen) atoms. The average Bonchev–Trinajstić information content (AvgIpc) is 2.04. The minimum absolute atomic E-state index is 0.270. The molecule has 1 rings (SSSR count). The Morgan fingerprint density at radius 2 is 2.17 bits per heavy atom. The van der Waals surface area contributed by atoms with Crippen molar-refractivity contribution in [3.63, 3.8) is 0 Å². The van der Waals surface area contributed by atoms with Crippen molar-refractivity contribution in [2.24, 2.45) is 0 Å². The average molecular weight is 163 g/mol. The van der Waals surface area contributed by atoms with Crippen LogP contribution in [-0.4, -0.2) is 12.2 Å². The van der Waals surface area contributed by atoms with E-state index in [1.165, 1.54) is 0 Å². The molecule has 0 saturated heterocycles. The quantitative estimate of drug-likeness (QED) is 0.656. The highest BCUT2D eigenvalue weighted by Gasteiger charge is 2.01. The summed E-state index contributed by atoms with van der Waals surface area (Å²) in [4.78, 5) is 0. The maximum atomic E-state index is 9.21. The first-order valence-corrected chi connectivity index (χ1v) is 3.82. The van der Waals surface area contributed by atoms with Gasteiger partial charge in [-0.3, -0.25) is 0 Å². The predicted molar refractivity (Wildman–Crippen MR) is 52.4 cm³/mol. The van der Waals surface area contributed by atoms with Crippen LogP contribution < -0.4 is 5.32 Å². The van der Waals surface area contributed by atoms with Gasteiger partial charge in [-0.1, -0.05) is 6.58 Å². The maximum Gasteiger partial charge on any atom is 0.116 e. The zero-order valence-corrected chi connectivity index (χ0v) is 7.39. The lowest BCUT2D eigenvalue weighted by molar-refractivity contribution is 0.475. The molecular formula is C10H13NO. The zero-order chi connectivity index (χ0) is 9.14. The standard InChI is InChI=1S/C10H13NO/c1-7(2)9-6-8(12)4-5-10(9)11-3/h4-6,11-12H,1H2,2-3H3. The zero-order valence-electron chi connectivity index (χ0n) is 7.39. The van der Waals surface area contributed by atoms with Crippen molar-refractivity contribution in [2.45, 2.75) is 6.92 Å². The van der Waals surface area contributed by atoms with Gasteiger partial charge >= 0.3 is 0 Å². The lowest BCUT2D eigenvalue weighted by Crippen LogP contribution is -1.92. The molecule has 1 aromatic rings. The Bertz CT molecular complexity index is 305. The summed E-state index contributed by atoms with van der Waals surface area (Å²) in [6.45, 7) is 5.74. The van der Waals surface area contributed by atoms with Crippen LogP contribution in [0.25, 0.3) is 5.57 Å². The number of phenols is 1. The fraction of sp³-hybridized carbons (Fsp3) is 0.200. The molecule has 1 aromatic carbocycles. The minimum Gasteiger partial charge on any atom is -0.508 e. The molecular weight excluding hydrogens is 150 g/mol. The predicted octanol–water partition coefficient (Wildman–Crippen LogP) is 2.47. The van der Waals surface area contributed by atoms with E-state index in [9.17, 15) is 5.11 Å². The van der Waals surface area contributed by atoms with Crippen molar-refractivity contribution < 1.29 is 5.11 Å². The number of hydrogen-bond donors (Lipinski definition) is 2. The molecule has 2 nitrogen and oxygen atoms in total. The lowest BCUT2D eigenvalue weighted by Gasteiger charge is -2.08. The number of benzene rings is 1. The Morgan fingerprint density at radius 3 is 2.67 bits per heavy atom. The summed E-state index contributed by atoms with van der Waals surface area (Å²) < 4.78 is 0. The maximum absolute atomic E-state index is 9.21. The third kappa shape index (κ3) is 1.59. The van der Waals surface area contributed by atoms with Crippen LogP contribution >= 0.6 is 0 Å². The molecule has 0 atom stereocenters. The highest BCUT2D eigenvalue weighted by Crippen LogP contribution is 2.25. The molecule has 0 spiro atoms. The number of allylic oxidation sites excluding steroid dienone is 1. The van der Waals surface area contributed by atoms with Crippen LogP contribution in [-0.2, 0) is 0 Å². The Labute approximate surface area is 72.5 Å². The number of hydrogen-bond acceptors (Lipinski definition) is 2. The first-order valence-electron chi connectivity index (χ1n) is 3.82. The molecule has 0 heterocycles. The summed E-state index contributed by atoms with van der Waals surface area (Å²) in [5, 5.41) is 12.2. The van der Waals surface area contributed by atoms with Gasteiger partial charge in [0, 0.05) is 18.3 Å². The van der Waals surface area contributed by atoms with Crippen molar-refractivity contribution in [3.8, 4) is 5.75 Å². The number of phenolic OH excluding ortho intramolecular Hbond substituents is 1. The molecule has 0 aliphatic carbocycles. The van der Waals surface area contributed by atoms with Crippen LogP contribution in [0.3, 0.4) is 0 Å². The van der Waals surface area contributed by atoms with Crippen LogP contribution in [0, 0.1) is 0 Å². The number of nitrogens with one attached hydrogen (secondary N) is 1. The van der Waals surface area contributed by atoms with Crippen LogP contribution in [0.2, 0.25) is 0 Å². The third-order valence-corrected chi connectivity index (χ3v) is 1.73. The first-order chi connectivity index (χ1) is 5.65. The summed E-state index contributed by atoms with van der Waals surface area (Å²) in [6, 6.07) is 5.19. The lowest BCUT2D eigenvalue weighted by atomic mass is 10.1. The van der Waals surface area contributed by atoms with Gasteiger partial charge in [-0.25, -0.2) is 0 Å². The molecule has 2 heteroatoms. The topological polar surface area (TPSA) is 32.3 Å². The number of aromatic hydroxyl groups is 1. The minimum atomic E-state index is 0.270. The smallest absolute Gasteiger partial charge is 0.116 e. The third-order valence-electron chi connectivity index (χ3n) is 1.73. The van der Waals surface area contributed by atoms with E-state index < -0.39 is 0 Å². The van der Waals surface area contributed by atoms with E-state index in [1.807, 2.05) is 20.0 Å². The van der Waals surface area contributed by atoms with Gasteiger partial charge in [-0.15, -0.1) is 0 Å². The Balaban J connectivity index is 3.21. The van der Waals surface area contributed by atoms with Gasteiger partial charge in [0.05, 0.1) is 0 Å². The molecule has 0 saturated carbocycles. The number of rotatable bonds is 2. The molecule has 0 radical (unpaired) electrons. The van der Waals surface area contributed by atoms with Gasteiger partial charge in [-0.2, -0.15) is 0 Å². The van der Waals surface area contributed by atoms with E-state index in [0.717, 1.165) is 16.8 Å².